The minimum absolute atomic E-state index is 0.616. The SMILES string of the molecule is Cc1cc(C)n2nc(Sc3ncnc4sccc34)nc2n1. The summed E-state index contributed by atoms with van der Waals surface area (Å²) in [4.78, 5) is 18.4. The molecular formula is C13H10N6S2. The molecule has 0 atom stereocenters. The lowest BCUT2D eigenvalue weighted by atomic mass is 10.4. The molecule has 4 rings (SSSR count). The van der Waals surface area contributed by atoms with Gasteiger partial charge in [-0.25, -0.2) is 19.5 Å². The highest BCUT2D eigenvalue weighted by Gasteiger charge is 2.12. The van der Waals surface area contributed by atoms with Gasteiger partial charge in [-0.05, 0) is 43.1 Å². The Labute approximate surface area is 128 Å². The summed E-state index contributed by atoms with van der Waals surface area (Å²) in [6.07, 6.45) is 1.57. The van der Waals surface area contributed by atoms with Gasteiger partial charge in [0.2, 0.25) is 5.16 Å². The van der Waals surface area contributed by atoms with Crippen molar-refractivity contribution in [2.75, 3.05) is 0 Å². The van der Waals surface area contributed by atoms with Gasteiger partial charge in [0.05, 0.1) is 0 Å². The van der Waals surface area contributed by atoms with E-state index in [9.17, 15) is 0 Å². The van der Waals surface area contributed by atoms with E-state index in [1.165, 1.54) is 11.8 Å². The normalized spacial score (nSPS) is 11.5. The number of hydrogen-bond donors (Lipinski definition) is 0. The first-order valence-corrected chi connectivity index (χ1v) is 7.97. The number of aromatic nitrogens is 6. The average molecular weight is 314 g/mol. The van der Waals surface area contributed by atoms with E-state index in [1.54, 1.807) is 22.2 Å². The zero-order valence-electron chi connectivity index (χ0n) is 11.3. The van der Waals surface area contributed by atoms with Crippen molar-refractivity contribution in [3.63, 3.8) is 0 Å². The van der Waals surface area contributed by atoms with Crippen molar-refractivity contribution in [1.29, 1.82) is 0 Å². The van der Waals surface area contributed by atoms with Gasteiger partial charge in [0, 0.05) is 16.8 Å². The zero-order valence-corrected chi connectivity index (χ0v) is 12.9. The highest BCUT2D eigenvalue weighted by molar-refractivity contribution is 7.99. The summed E-state index contributed by atoms with van der Waals surface area (Å²) in [7, 11) is 0. The number of hydrogen-bond acceptors (Lipinski definition) is 7. The van der Waals surface area contributed by atoms with Gasteiger partial charge in [-0.15, -0.1) is 16.4 Å². The van der Waals surface area contributed by atoms with Crippen LogP contribution in [-0.4, -0.2) is 29.5 Å². The first-order chi connectivity index (χ1) is 10.2. The van der Waals surface area contributed by atoms with Crippen LogP contribution in [0, 0.1) is 13.8 Å². The lowest BCUT2D eigenvalue weighted by molar-refractivity contribution is 0.842. The van der Waals surface area contributed by atoms with E-state index in [0.29, 0.717) is 10.9 Å². The number of thiophene rings is 1. The number of aryl methyl sites for hydroxylation is 2. The van der Waals surface area contributed by atoms with Crippen molar-refractivity contribution in [1.82, 2.24) is 29.5 Å². The topological polar surface area (TPSA) is 68.9 Å². The summed E-state index contributed by atoms with van der Waals surface area (Å²) in [6, 6.07) is 4.00. The molecule has 0 aliphatic rings. The smallest absolute Gasteiger partial charge is 0.229 e. The highest BCUT2D eigenvalue weighted by Crippen LogP contribution is 2.31. The van der Waals surface area contributed by atoms with E-state index < -0.39 is 0 Å². The largest absolute Gasteiger partial charge is 0.253 e. The van der Waals surface area contributed by atoms with Crippen LogP contribution < -0.4 is 0 Å². The summed E-state index contributed by atoms with van der Waals surface area (Å²) in [5.74, 6) is 0.616. The number of rotatable bonds is 2. The van der Waals surface area contributed by atoms with Crippen LogP contribution >= 0.6 is 23.1 Å². The van der Waals surface area contributed by atoms with Crippen LogP contribution in [0.5, 0.6) is 0 Å². The zero-order chi connectivity index (χ0) is 14.4. The van der Waals surface area contributed by atoms with Crippen LogP contribution in [0.25, 0.3) is 16.0 Å². The molecule has 0 unspecified atom stereocenters. The molecule has 0 amide bonds. The fourth-order valence-electron chi connectivity index (χ4n) is 2.13. The summed E-state index contributed by atoms with van der Waals surface area (Å²) in [6.45, 7) is 3.94. The molecule has 0 radical (unpaired) electrons. The standard InChI is InChI=1S/C13H10N6S2/c1-7-5-8(2)19-12(16-7)17-13(18-19)21-11-9-3-4-20-10(9)14-6-15-11/h3-6H,1-2H3. The van der Waals surface area contributed by atoms with E-state index in [2.05, 4.69) is 25.0 Å². The Balaban J connectivity index is 1.81. The van der Waals surface area contributed by atoms with Crippen LogP contribution in [0.4, 0.5) is 0 Å². The van der Waals surface area contributed by atoms with Crippen LogP contribution in [0.3, 0.4) is 0 Å². The van der Waals surface area contributed by atoms with Gasteiger partial charge in [-0.2, -0.15) is 4.98 Å². The lowest BCUT2D eigenvalue weighted by Gasteiger charge is -1.97. The predicted octanol–water partition coefficient (Wildman–Crippen LogP) is 2.90. The summed E-state index contributed by atoms with van der Waals surface area (Å²) in [5, 5.41) is 9.04. The van der Waals surface area contributed by atoms with Gasteiger partial charge in [-0.3, -0.25) is 0 Å². The molecule has 0 saturated heterocycles. The molecule has 0 aromatic carbocycles. The maximum atomic E-state index is 4.49. The molecule has 21 heavy (non-hydrogen) atoms. The summed E-state index contributed by atoms with van der Waals surface area (Å²) in [5.41, 5.74) is 1.95. The van der Waals surface area contributed by atoms with E-state index in [-0.39, 0.29) is 0 Å². The molecule has 0 bridgehead atoms. The predicted molar refractivity (Wildman–Crippen MR) is 81.8 cm³/mol. The van der Waals surface area contributed by atoms with Crippen LogP contribution in [0.15, 0.2) is 34.0 Å². The molecule has 4 aromatic heterocycles. The third kappa shape index (κ3) is 2.16. The Kier molecular flexibility index (Phi) is 2.86. The molecule has 104 valence electrons. The van der Waals surface area contributed by atoms with E-state index in [4.69, 9.17) is 0 Å². The van der Waals surface area contributed by atoms with E-state index in [0.717, 1.165) is 26.6 Å². The van der Waals surface area contributed by atoms with Crippen molar-refractivity contribution in [3.05, 3.63) is 35.2 Å². The Morgan fingerprint density at radius 3 is 3.00 bits per heavy atom. The number of fused-ring (bicyclic) bond motifs is 2. The quantitative estimate of drug-likeness (QED) is 0.530. The van der Waals surface area contributed by atoms with Gasteiger partial charge >= 0.3 is 0 Å². The van der Waals surface area contributed by atoms with Gasteiger partial charge < -0.3 is 0 Å². The summed E-state index contributed by atoms with van der Waals surface area (Å²) >= 11 is 3.03. The molecular weight excluding hydrogens is 304 g/mol. The second-order valence-electron chi connectivity index (χ2n) is 4.57. The second-order valence-corrected chi connectivity index (χ2v) is 6.42. The Morgan fingerprint density at radius 1 is 1.19 bits per heavy atom. The van der Waals surface area contributed by atoms with Crippen molar-refractivity contribution < 1.29 is 0 Å². The molecule has 6 nitrogen and oxygen atoms in total. The molecule has 0 saturated carbocycles. The van der Waals surface area contributed by atoms with Gasteiger partial charge in [0.25, 0.3) is 5.78 Å². The first-order valence-electron chi connectivity index (χ1n) is 6.28. The van der Waals surface area contributed by atoms with Gasteiger partial charge in [-0.1, -0.05) is 0 Å². The minimum atomic E-state index is 0.616. The van der Waals surface area contributed by atoms with Crippen molar-refractivity contribution in [2.24, 2.45) is 0 Å². The van der Waals surface area contributed by atoms with Crippen LogP contribution in [0.2, 0.25) is 0 Å². The molecule has 4 aromatic rings. The fourth-order valence-corrected chi connectivity index (χ4v) is 3.72. The molecule has 0 fully saturated rings. The number of nitrogens with zero attached hydrogens (tertiary/aromatic N) is 6. The highest BCUT2D eigenvalue weighted by atomic mass is 32.2. The van der Waals surface area contributed by atoms with Crippen molar-refractivity contribution in [2.45, 2.75) is 24.0 Å². The minimum Gasteiger partial charge on any atom is -0.229 e. The molecule has 0 aliphatic carbocycles. The Morgan fingerprint density at radius 2 is 2.10 bits per heavy atom. The average Bonchev–Trinajstić information content (AvgIpc) is 3.05. The van der Waals surface area contributed by atoms with Crippen molar-refractivity contribution >= 4 is 39.1 Å². The third-order valence-corrected chi connectivity index (χ3v) is 4.71. The monoisotopic (exact) mass is 314 g/mol. The maximum Gasteiger partial charge on any atom is 0.253 e. The Hall–Kier alpha value is -2.06. The molecule has 4 heterocycles. The third-order valence-electron chi connectivity index (χ3n) is 3.01. The first kappa shape index (κ1) is 12.7. The van der Waals surface area contributed by atoms with Gasteiger partial charge in [0.15, 0.2) is 0 Å². The van der Waals surface area contributed by atoms with E-state index >= 15 is 0 Å². The second kappa shape index (κ2) is 4.74. The molecule has 0 aliphatic heterocycles. The van der Waals surface area contributed by atoms with Gasteiger partial charge in [0.1, 0.15) is 16.2 Å². The van der Waals surface area contributed by atoms with Crippen LogP contribution in [-0.2, 0) is 0 Å². The lowest BCUT2D eigenvalue weighted by Crippen LogP contribution is -1.97. The summed E-state index contributed by atoms with van der Waals surface area (Å²) < 4.78 is 1.75. The van der Waals surface area contributed by atoms with Crippen molar-refractivity contribution in [3.8, 4) is 0 Å². The fraction of sp³-hybridized carbons (Fsp3) is 0.154. The van der Waals surface area contributed by atoms with E-state index in [1.807, 2.05) is 31.4 Å². The Bertz CT molecular complexity index is 958. The molecule has 8 heteroatoms. The molecule has 0 spiro atoms. The molecule has 0 N–H and O–H groups in total. The maximum absolute atomic E-state index is 4.49. The van der Waals surface area contributed by atoms with Crippen LogP contribution in [0.1, 0.15) is 11.4 Å².